The summed E-state index contributed by atoms with van der Waals surface area (Å²) in [6.45, 7) is 0.184. The highest BCUT2D eigenvalue weighted by atomic mass is 16.5. The molecule has 1 fully saturated rings. The summed E-state index contributed by atoms with van der Waals surface area (Å²) in [4.78, 5) is 25.0. The minimum atomic E-state index is -0.522. The molecule has 0 atom stereocenters. The van der Waals surface area contributed by atoms with E-state index in [4.69, 9.17) is 16.9 Å². The second-order valence-corrected chi connectivity index (χ2v) is 6.12. The molecule has 2 amide bonds. The number of carbonyl (C=O) groups is 2. The van der Waals surface area contributed by atoms with Gasteiger partial charge in [-0.05, 0) is 36.6 Å². The van der Waals surface area contributed by atoms with Crippen LogP contribution in [0.5, 0.6) is 5.75 Å². The van der Waals surface area contributed by atoms with E-state index in [0.29, 0.717) is 12.3 Å². The van der Waals surface area contributed by atoms with Crippen LogP contribution in [0.25, 0.3) is 6.08 Å². The van der Waals surface area contributed by atoms with E-state index in [1.807, 2.05) is 12.1 Å². The van der Waals surface area contributed by atoms with Gasteiger partial charge in [0.15, 0.2) is 6.61 Å². The van der Waals surface area contributed by atoms with Crippen molar-refractivity contribution in [1.29, 1.82) is 0 Å². The average molecular weight is 340 g/mol. The monoisotopic (exact) mass is 340 g/mol. The molecule has 0 aliphatic heterocycles. The second-order valence-electron chi connectivity index (χ2n) is 6.12. The Kier molecular flexibility index (Phi) is 7.09. The number of nitrogens with two attached hydrogens (primary N) is 1. The molecule has 0 saturated heterocycles. The summed E-state index contributed by atoms with van der Waals surface area (Å²) in [5.74, 6) is 2.57. The van der Waals surface area contributed by atoms with Crippen LogP contribution < -0.4 is 10.5 Å². The Morgan fingerprint density at radius 1 is 1.24 bits per heavy atom. The van der Waals surface area contributed by atoms with E-state index in [2.05, 4.69) is 5.92 Å². The Morgan fingerprint density at radius 2 is 1.92 bits per heavy atom. The number of carbonyl (C=O) groups excluding carboxylic acids is 2. The largest absolute Gasteiger partial charge is 0.484 e. The first-order valence-corrected chi connectivity index (χ1v) is 8.53. The lowest BCUT2D eigenvalue weighted by Crippen LogP contribution is -2.40. The van der Waals surface area contributed by atoms with Crippen molar-refractivity contribution in [3.8, 4) is 18.1 Å². The SMILES string of the molecule is C#CCN(C(=O)/C=C/c1ccc(OCC(N)=O)cc1)C1CCCCC1. The van der Waals surface area contributed by atoms with Gasteiger partial charge in [-0.3, -0.25) is 9.59 Å². The molecule has 5 nitrogen and oxygen atoms in total. The fraction of sp³-hybridized carbons (Fsp3) is 0.400. The highest BCUT2D eigenvalue weighted by molar-refractivity contribution is 5.92. The zero-order valence-electron chi connectivity index (χ0n) is 14.3. The van der Waals surface area contributed by atoms with Crippen molar-refractivity contribution in [1.82, 2.24) is 4.90 Å². The highest BCUT2D eigenvalue weighted by Gasteiger charge is 2.23. The van der Waals surface area contributed by atoms with Crippen LogP contribution in [0, 0.1) is 12.3 Å². The normalized spacial score (nSPS) is 14.8. The lowest BCUT2D eigenvalue weighted by molar-refractivity contribution is -0.128. The lowest BCUT2D eigenvalue weighted by atomic mass is 9.94. The van der Waals surface area contributed by atoms with Crippen LogP contribution in [0.2, 0.25) is 0 Å². The molecule has 1 aromatic carbocycles. The molecule has 2 rings (SSSR count). The maximum atomic E-state index is 12.5. The molecule has 0 spiro atoms. The smallest absolute Gasteiger partial charge is 0.255 e. The first-order valence-electron chi connectivity index (χ1n) is 8.53. The van der Waals surface area contributed by atoms with E-state index in [1.54, 1.807) is 29.2 Å². The summed E-state index contributed by atoms with van der Waals surface area (Å²) >= 11 is 0. The fourth-order valence-corrected chi connectivity index (χ4v) is 2.97. The Labute approximate surface area is 148 Å². The predicted molar refractivity (Wildman–Crippen MR) is 97.6 cm³/mol. The lowest BCUT2D eigenvalue weighted by Gasteiger charge is -2.32. The van der Waals surface area contributed by atoms with E-state index in [9.17, 15) is 9.59 Å². The summed E-state index contributed by atoms with van der Waals surface area (Å²) in [7, 11) is 0. The average Bonchev–Trinajstić information content (AvgIpc) is 2.64. The zero-order valence-corrected chi connectivity index (χ0v) is 14.3. The number of nitrogens with zero attached hydrogens (tertiary/aromatic N) is 1. The number of amides is 2. The highest BCUT2D eigenvalue weighted by Crippen LogP contribution is 2.23. The van der Waals surface area contributed by atoms with E-state index < -0.39 is 5.91 Å². The molecule has 1 aliphatic rings. The van der Waals surface area contributed by atoms with Crippen LogP contribution in [0.3, 0.4) is 0 Å². The van der Waals surface area contributed by atoms with Gasteiger partial charge in [-0.25, -0.2) is 0 Å². The number of primary amides is 1. The van der Waals surface area contributed by atoms with Gasteiger partial charge >= 0.3 is 0 Å². The third-order valence-electron chi connectivity index (χ3n) is 4.24. The summed E-state index contributed by atoms with van der Waals surface area (Å²) in [6, 6.07) is 7.32. The van der Waals surface area contributed by atoms with Gasteiger partial charge in [0, 0.05) is 12.1 Å². The van der Waals surface area contributed by atoms with E-state index in [-0.39, 0.29) is 18.6 Å². The van der Waals surface area contributed by atoms with Gasteiger partial charge in [-0.1, -0.05) is 37.3 Å². The van der Waals surface area contributed by atoms with Crippen LogP contribution >= 0.6 is 0 Å². The molecule has 0 heterocycles. The molecular weight excluding hydrogens is 316 g/mol. The van der Waals surface area contributed by atoms with E-state index in [0.717, 1.165) is 31.2 Å². The molecule has 5 heteroatoms. The molecule has 2 N–H and O–H groups in total. The van der Waals surface area contributed by atoms with Crippen molar-refractivity contribution in [3.05, 3.63) is 35.9 Å². The first-order chi connectivity index (χ1) is 12.1. The van der Waals surface area contributed by atoms with Crippen LogP contribution in [0.1, 0.15) is 37.7 Å². The standard InChI is InChI=1S/C20H24N2O3/c1-2-14-22(17-6-4-3-5-7-17)20(24)13-10-16-8-11-18(12-9-16)25-15-19(21)23/h1,8-13,17H,3-7,14-15H2,(H2,21,23)/b13-10+. The van der Waals surface area contributed by atoms with Gasteiger partial charge in [-0.15, -0.1) is 6.42 Å². The van der Waals surface area contributed by atoms with Gasteiger partial charge < -0.3 is 15.4 Å². The zero-order chi connectivity index (χ0) is 18.1. The van der Waals surface area contributed by atoms with Gasteiger partial charge in [0.25, 0.3) is 5.91 Å². The van der Waals surface area contributed by atoms with Crippen molar-refractivity contribution in [3.63, 3.8) is 0 Å². The molecule has 0 bridgehead atoms. The van der Waals surface area contributed by atoms with Gasteiger partial charge in [0.05, 0.1) is 6.54 Å². The minimum Gasteiger partial charge on any atom is -0.484 e. The first kappa shape index (κ1) is 18.6. The second kappa shape index (κ2) is 9.53. The van der Waals surface area contributed by atoms with Crippen LogP contribution in [0.15, 0.2) is 30.3 Å². The summed E-state index contributed by atoms with van der Waals surface area (Å²) < 4.78 is 5.20. The summed E-state index contributed by atoms with van der Waals surface area (Å²) in [6.07, 6.45) is 14.3. The quantitative estimate of drug-likeness (QED) is 0.612. The number of hydrogen-bond acceptors (Lipinski definition) is 3. The number of terminal acetylenes is 1. The van der Waals surface area contributed by atoms with Crippen molar-refractivity contribution in [2.24, 2.45) is 5.73 Å². The maximum absolute atomic E-state index is 12.5. The Hall–Kier alpha value is -2.74. The van der Waals surface area contributed by atoms with Crippen molar-refractivity contribution < 1.29 is 14.3 Å². The molecule has 1 aromatic rings. The number of rotatable bonds is 7. The summed E-state index contributed by atoms with van der Waals surface area (Å²) in [5.41, 5.74) is 5.90. The van der Waals surface area contributed by atoms with Crippen LogP contribution in [-0.4, -0.2) is 35.9 Å². The number of hydrogen-bond donors (Lipinski definition) is 1. The van der Waals surface area contributed by atoms with Crippen LogP contribution in [-0.2, 0) is 9.59 Å². The van der Waals surface area contributed by atoms with Gasteiger partial charge in [0.2, 0.25) is 5.91 Å². The summed E-state index contributed by atoms with van der Waals surface area (Å²) in [5, 5.41) is 0. The molecule has 0 unspecified atom stereocenters. The number of ether oxygens (including phenoxy) is 1. The molecule has 132 valence electrons. The Morgan fingerprint density at radius 3 is 2.52 bits per heavy atom. The Bertz CT molecular complexity index is 653. The topological polar surface area (TPSA) is 72.6 Å². The van der Waals surface area contributed by atoms with E-state index >= 15 is 0 Å². The number of benzene rings is 1. The molecule has 1 aliphatic carbocycles. The van der Waals surface area contributed by atoms with E-state index in [1.165, 1.54) is 6.42 Å². The minimum absolute atomic E-state index is 0.0566. The third-order valence-corrected chi connectivity index (χ3v) is 4.24. The molecule has 0 aromatic heterocycles. The van der Waals surface area contributed by atoms with Crippen LogP contribution in [0.4, 0.5) is 0 Å². The third kappa shape index (κ3) is 6.00. The Balaban J connectivity index is 1.97. The van der Waals surface area contributed by atoms with Crippen molar-refractivity contribution in [2.45, 2.75) is 38.1 Å². The molecule has 0 radical (unpaired) electrons. The fourth-order valence-electron chi connectivity index (χ4n) is 2.97. The molecule has 1 saturated carbocycles. The predicted octanol–water partition coefficient (Wildman–Crippen LogP) is 2.36. The maximum Gasteiger partial charge on any atom is 0.255 e. The van der Waals surface area contributed by atoms with Crippen molar-refractivity contribution >= 4 is 17.9 Å². The molecule has 25 heavy (non-hydrogen) atoms. The van der Waals surface area contributed by atoms with Gasteiger partial charge in [0.1, 0.15) is 5.75 Å². The molecular formula is C20H24N2O3. The van der Waals surface area contributed by atoms with Crippen molar-refractivity contribution in [2.75, 3.05) is 13.2 Å². The van der Waals surface area contributed by atoms with Gasteiger partial charge in [-0.2, -0.15) is 0 Å².